The fraction of sp³-hybridized carbons (Fsp3) is 0.200. The molecule has 0 N–H and O–H groups in total. The molecule has 0 unspecified atom stereocenters. The van der Waals surface area contributed by atoms with Gasteiger partial charge in [-0.3, -0.25) is 0 Å². The molecule has 0 saturated heterocycles. The first-order valence-corrected chi connectivity index (χ1v) is 6.19. The van der Waals surface area contributed by atoms with Crippen LogP contribution < -0.4 is 0 Å². The number of rotatable bonds is 2. The Kier molecular flexibility index (Phi) is 2.81. The molecule has 2 aromatic rings. The lowest BCUT2D eigenvalue weighted by Gasteiger charge is -2.04. The van der Waals surface area contributed by atoms with Gasteiger partial charge >= 0.3 is 0 Å². The molecular formula is C15H15N3. The Morgan fingerprint density at radius 2 is 1.94 bits per heavy atom. The molecule has 90 valence electrons. The maximum atomic E-state index is 4.23. The Hall–Kier alpha value is -2.16. The predicted molar refractivity (Wildman–Crippen MR) is 72.8 cm³/mol. The molecule has 1 aromatic heterocycles. The molecule has 0 fully saturated rings. The highest BCUT2D eigenvalue weighted by Crippen LogP contribution is 2.19. The standard InChI is InChI=1S/C15H15N3/c1-12-7-9-13(10-8-12)15-11-18(17-16-15)14-5-3-2-4-6-14/h3,5-11H,2,4H2,1H3. The Balaban J connectivity index is 1.91. The van der Waals surface area contributed by atoms with Crippen molar-refractivity contribution in [3.63, 3.8) is 0 Å². The highest BCUT2D eigenvalue weighted by Gasteiger charge is 2.06. The Morgan fingerprint density at radius 1 is 1.11 bits per heavy atom. The summed E-state index contributed by atoms with van der Waals surface area (Å²) in [4.78, 5) is 0. The van der Waals surface area contributed by atoms with Crippen molar-refractivity contribution in [3.8, 4) is 11.3 Å². The smallest absolute Gasteiger partial charge is 0.113 e. The van der Waals surface area contributed by atoms with Crippen molar-refractivity contribution in [2.75, 3.05) is 0 Å². The van der Waals surface area contributed by atoms with Gasteiger partial charge in [-0.15, -0.1) is 5.10 Å². The van der Waals surface area contributed by atoms with Crippen LogP contribution in [0.4, 0.5) is 0 Å². The average Bonchev–Trinajstić information content (AvgIpc) is 2.90. The van der Waals surface area contributed by atoms with Gasteiger partial charge in [-0.05, 0) is 25.8 Å². The van der Waals surface area contributed by atoms with Crippen LogP contribution in [0.3, 0.4) is 0 Å². The van der Waals surface area contributed by atoms with Crippen molar-refractivity contribution >= 4 is 5.70 Å². The monoisotopic (exact) mass is 237 g/mol. The van der Waals surface area contributed by atoms with Gasteiger partial charge in [-0.25, -0.2) is 4.68 Å². The zero-order chi connectivity index (χ0) is 12.4. The molecule has 1 aliphatic carbocycles. The number of allylic oxidation sites excluding steroid dienone is 4. The van der Waals surface area contributed by atoms with E-state index < -0.39 is 0 Å². The third kappa shape index (κ3) is 2.12. The Morgan fingerprint density at radius 3 is 2.67 bits per heavy atom. The molecular weight excluding hydrogens is 222 g/mol. The molecule has 1 aromatic carbocycles. The molecule has 3 rings (SSSR count). The Bertz CT molecular complexity index is 603. The van der Waals surface area contributed by atoms with Gasteiger partial charge < -0.3 is 0 Å². The summed E-state index contributed by atoms with van der Waals surface area (Å²) < 4.78 is 1.84. The minimum absolute atomic E-state index is 0.912. The van der Waals surface area contributed by atoms with Crippen molar-refractivity contribution in [2.24, 2.45) is 0 Å². The van der Waals surface area contributed by atoms with Gasteiger partial charge in [-0.2, -0.15) is 0 Å². The maximum Gasteiger partial charge on any atom is 0.113 e. The second-order valence-electron chi connectivity index (χ2n) is 4.52. The minimum Gasteiger partial charge on any atom is -0.220 e. The fourth-order valence-corrected chi connectivity index (χ4v) is 2.02. The molecule has 0 atom stereocenters. The molecule has 18 heavy (non-hydrogen) atoms. The zero-order valence-electron chi connectivity index (χ0n) is 10.4. The van der Waals surface area contributed by atoms with Gasteiger partial charge in [0.2, 0.25) is 0 Å². The van der Waals surface area contributed by atoms with Crippen LogP contribution in [0.25, 0.3) is 17.0 Å². The molecule has 0 radical (unpaired) electrons. The van der Waals surface area contributed by atoms with E-state index in [0.717, 1.165) is 29.8 Å². The lowest BCUT2D eigenvalue weighted by atomic mass is 10.1. The van der Waals surface area contributed by atoms with Crippen molar-refractivity contribution in [1.29, 1.82) is 0 Å². The number of hydrogen-bond acceptors (Lipinski definition) is 2. The molecule has 0 spiro atoms. The largest absolute Gasteiger partial charge is 0.220 e. The minimum atomic E-state index is 0.912. The van der Waals surface area contributed by atoms with Crippen LogP contribution in [0.5, 0.6) is 0 Å². The van der Waals surface area contributed by atoms with Crippen LogP contribution in [-0.2, 0) is 0 Å². The number of nitrogens with zero attached hydrogens (tertiary/aromatic N) is 3. The molecule has 0 saturated carbocycles. The highest BCUT2D eigenvalue weighted by molar-refractivity contribution is 5.62. The summed E-state index contributed by atoms with van der Waals surface area (Å²) in [7, 11) is 0. The fourth-order valence-electron chi connectivity index (χ4n) is 2.02. The van der Waals surface area contributed by atoms with Crippen molar-refractivity contribution < 1.29 is 0 Å². The van der Waals surface area contributed by atoms with Gasteiger partial charge in [-0.1, -0.05) is 47.2 Å². The van der Waals surface area contributed by atoms with Crippen molar-refractivity contribution in [1.82, 2.24) is 15.0 Å². The molecule has 0 aliphatic heterocycles. The van der Waals surface area contributed by atoms with E-state index in [9.17, 15) is 0 Å². The van der Waals surface area contributed by atoms with E-state index in [2.05, 4.69) is 59.7 Å². The quantitative estimate of drug-likeness (QED) is 0.801. The van der Waals surface area contributed by atoms with Crippen molar-refractivity contribution in [2.45, 2.75) is 19.8 Å². The van der Waals surface area contributed by atoms with E-state index in [1.807, 2.05) is 10.9 Å². The number of aromatic nitrogens is 3. The van der Waals surface area contributed by atoms with Crippen LogP contribution in [0.2, 0.25) is 0 Å². The lowest BCUT2D eigenvalue weighted by Crippen LogP contribution is -1.97. The van der Waals surface area contributed by atoms with E-state index in [-0.39, 0.29) is 0 Å². The van der Waals surface area contributed by atoms with Crippen LogP contribution in [0, 0.1) is 6.92 Å². The van der Waals surface area contributed by atoms with E-state index in [4.69, 9.17) is 0 Å². The normalized spacial score (nSPS) is 14.6. The summed E-state index contributed by atoms with van der Waals surface area (Å²) in [5.74, 6) is 0. The van der Waals surface area contributed by atoms with E-state index in [1.165, 1.54) is 5.56 Å². The molecule has 0 bridgehead atoms. The maximum absolute atomic E-state index is 4.23. The summed E-state index contributed by atoms with van der Waals surface area (Å²) >= 11 is 0. The number of benzene rings is 1. The summed E-state index contributed by atoms with van der Waals surface area (Å²) in [6, 6.07) is 8.34. The van der Waals surface area contributed by atoms with Crippen LogP contribution in [-0.4, -0.2) is 15.0 Å². The third-order valence-electron chi connectivity index (χ3n) is 3.08. The number of aryl methyl sites for hydroxylation is 1. The Labute approximate surface area is 106 Å². The molecule has 1 heterocycles. The van der Waals surface area contributed by atoms with E-state index in [0.29, 0.717) is 0 Å². The van der Waals surface area contributed by atoms with Gasteiger partial charge in [0.15, 0.2) is 0 Å². The summed E-state index contributed by atoms with van der Waals surface area (Å²) in [6.45, 7) is 2.08. The lowest BCUT2D eigenvalue weighted by molar-refractivity contribution is 0.815. The van der Waals surface area contributed by atoms with Crippen LogP contribution in [0.1, 0.15) is 18.4 Å². The number of hydrogen-bond donors (Lipinski definition) is 0. The van der Waals surface area contributed by atoms with Crippen LogP contribution in [0.15, 0.2) is 48.7 Å². The van der Waals surface area contributed by atoms with Gasteiger partial charge in [0, 0.05) is 5.56 Å². The van der Waals surface area contributed by atoms with E-state index >= 15 is 0 Å². The highest BCUT2D eigenvalue weighted by atomic mass is 15.4. The second-order valence-corrected chi connectivity index (χ2v) is 4.52. The molecule has 0 amide bonds. The molecule has 3 nitrogen and oxygen atoms in total. The first kappa shape index (κ1) is 11.0. The van der Waals surface area contributed by atoms with Gasteiger partial charge in [0.05, 0.1) is 11.9 Å². The summed E-state index contributed by atoms with van der Waals surface area (Å²) in [5.41, 5.74) is 4.37. The van der Waals surface area contributed by atoms with Crippen molar-refractivity contribution in [3.05, 3.63) is 54.3 Å². The molecule has 1 aliphatic rings. The van der Waals surface area contributed by atoms with Crippen LogP contribution >= 0.6 is 0 Å². The average molecular weight is 237 g/mol. The van der Waals surface area contributed by atoms with Gasteiger partial charge in [0.25, 0.3) is 0 Å². The summed E-state index contributed by atoms with van der Waals surface area (Å²) in [5, 5.41) is 8.42. The van der Waals surface area contributed by atoms with E-state index in [1.54, 1.807) is 0 Å². The first-order valence-electron chi connectivity index (χ1n) is 6.19. The first-order chi connectivity index (χ1) is 8.83. The topological polar surface area (TPSA) is 30.7 Å². The SMILES string of the molecule is Cc1ccc(-c2cn(C3=CCCC=C3)nn2)cc1. The zero-order valence-corrected chi connectivity index (χ0v) is 10.4. The van der Waals surface area contributed by atoms with Gasteiger partial charge in [0.1, 0.15) is 5.69 Å². The third-order valence-corrected chi connectivity index (χ3v) is 3.08. The predicted octanol–water partition coefficient (Wildman–Crippen LogP) is 3.44. The molecule has 3 heteroatoms. The summed E-state index contributed by atoms with van der Waals surface area (Å²) in [6.07, 6.45) is 10.6. The second kappa shape index (κ2) is 4.61.